The summed E-state index contributed by atoms with van der Waals surface area (Å²) in [6.07, 6.45) is 0.790. The first-order valence-electron chi connectivity index (χ1n) is 9.67. The van der Waals surface area contributed by atoms with Crippen LogP contribution in [0.5, 0.6) is 0 Å². The van der Waals surface area contributed by atoms with Gasteiger partial charge in [0.2, 0.25) is 0 Å². The fourth-order valence-electron chi connectivity index (χ4n) is 4.91. The van der Waals surface area contributed by atoms with Gasteiger partial charge in [-0.1, -0.05) is 19.6 Å². The first-order chi connectivity index (χ1) is 13.2. The van der Waals surface area contributed by atoms with Crippen molar-refractivity contribution in [1.29, 1.82) is 0 Å². The molecule has 0 spiro atoms. The number of hydrogen-bond donors (Lipinski definition) is 1. The van der Waals surface area contributed by atoms with Gasteiger partial charge in [-0.05, 0) is 38.2 Å². The van der Waals surface area contributed by atoms with Gasteiger partial charge < -0.3 is 19.0 Å². The number of ether oxygens (including phenoxy) is 2. The maximum absolute atomic E-state index is 13.2. The Kier molecular flexibility index (Phi) is 6.33. The first kappa shape index (κ1) is 23.5. The van der Waals surface area contributed by atoms with E-state index < -0.39 is 55.1 Å². The van der Waals surface area contributed by atoms with E-state index in [1.165, 1.54) is 26.4 Å². The molecule has 1 saturated carbocycles. The van der Waals surface area contributed by atoms with Crippen LogP contribution in [0, 0.1) is 22.7 Å². The molecule has 0 saturated heterocycles. The number of hydrogen-bond acceptors (Lipinski definition) is 7. The molecule has 0 amide bonds. The lowest BCUT2D eigenvalue weighted by Crippen LogP contribution is -2.66. The van der Waals surface area contributed by atoms with E-state index in [0.29, 0.717) is 5.57 Å². The van der Waals surface area contributed by atoms with Gasteiger partial charge >= 0.3 is 11.9 Å². The lowest BCUT2D eigenvalue weighted by atomic mass is 9.46. The summed E-state index contributed by atoms with van der Waals surface area (Å²) in [6, 6.07) is 0. The lowest BCUT2D eigenvalue weighted by molar-refractivity contribution is -0.177. The predicted molar refractivity (Wildman–Crippen MR) is 109 cm³/mol. The van der Waals surface area contributed by atoms with Crippen LogP contribution >= 0.6 is 0 Å². The number of rotatable bonds is 5. The van der Waals surface area contributed by atoms with Crippen LogP contribution in [0.2, 0.25) is 19.6 Å². The topological polar surface area (TPSA) is 99.1 Å². The summed E-state index contributed by atoms with van der Waals surface area (Å²) in [7, 11) is 0.356. The highest BCUT2D eigenvalue weighted by atomic mass is 28.4. The summed E-state index contributed by atoms with van der Waals surface area (Å²) in [4.78, 5) is 38.2. The average molecular weight is 425 g/mol. The molecule has 0 bridgehead atoms. The van der Waals surface area contributed by atoms with Gasteiger partial charge in [0.25, 0.3) is 0 Å². The van der Waals surface area contributed by atoms with Crippen LogP contribution in [-0.4, -0.2) is 57.6 Å². The molecule has 6 atom stereocenters. The van der Waals surface area contributed by atoms with E-state index in [-0.39, 0.29) is 12.2 Å². The van der Waals surface area contributed by atoms with Gasteiger partial charge in [-0.15, -0.1) is 0 Å². The van der Waals surface area contributed by atoms with E-state index in [2.05, 4.69) is 6.58 Å². The molecule has 2 aliphatic rings. The Hall–Kier alpha value is -1.77. The van der Waals surface area contributed by atoms with Crippen molar-refractivity contribution in [3.8, 4) is 0 Å². The zero-order valence-corrected chi connectivity index (χ0v) is 19.3. The molecule has 0 radical (unpaired) electrons. The first-order valence-corrected chi connectivity index (χ1v) is 13.1. The minimum absolute atomic E-state index is 0.129. The Morgan fingerprint density at radius 1 is 1.21 bits per heavy atom. The Bertz CT molecular complexity index is 753. The fraction of sp³-hybridized carbons (Fsp3) is 0.667. The van der Waals surface area contributed by atoms with E-state index in [9.17, 15) is 19.5 Å². The largest absolute Gasteiger partial charge is 0.469 e. The molecule has 162 valence electrons. The summed E-state index contributed by atoms with van der Waals surface area (Å²) < 4.78 is 16.2. The molecule has 0 heterocycles. The van der Waals surface area contributed by atoms with Crippen LogP contribution in [0.4, 0.5) is 0 Å². The van der Waals surface area contributed by atoms with Gasteiger partial charge in [0.15, 0.2) is 14.1 Å². The molecular formula is C21H32O7Si. The molecule has 2 aliphatic carbocycles. The molecule has 8 heteroatoms. The normalized spacial score (nSPS) is 37.1. The quantitative estimate of drug-likeness (QED) is 0.410. The Morgan fingerprint density at radius 3 is 2.28 bits per heavy atom. The average Bonchev–Trinajstić information content (AvgIpc) is 2.64. The third-order valence-electron chi connectivity index (χ3n) is 6.31. The van der Waals surface area contributed by atoms with Gasteiger partial charge in [0.1, 0.15) is 6.10 Å². The Labute approximate surface area is 173 Å². The zero-order valence-electron chi connectivity index (χ0n) is 18.3. The van der Waals surface area contributed by atoms with Crippen molar-refractivity contribution >= 4 is 26.0 Å². The minimum atomic E-state index is -2.20. The third kappa shape index (κ3) is 3.85. The molecule has 2 rings (SSSR count). The van der Waals surface area contributed by atoms with E-state index in [4.69, 9.17) is 13.9 Å². The second-order valence-electron chi connectivity index (χ2n) is 9.28. The maximum atomic E-state index is 13.2. The van der Waals surface area contributed by atoms with Gasteiger partial charge in [0, 0.05) is 17.3 Å². The number of allylic oxidation sites excluding steroid dienone is 1. The monoisotopic (exact) mass is 424 g/mol. The second kappa shape index (κ2) is 7.81. The Balaban J connectivity index is 2.75. The molecule has 0 aromatic carbocycles. The van der Waals surface area contributed by atoms with Crippen LogP contribution in [0.1, 0.15) is 20.3 Å². The highest BCUT2D eigenvalue weighted by Crippen LogP contribution is 2.59. The van der Waals surface area contributed by atoms with Gasteiger partial charge in [0.05, 0.1) is 32.2 Å². The molecular weight excluding hydrogens is 392 g/mol. The molecule has 7 nitrogen and oxygen atoms in total. The van der Waals surface area contributed by atoms with Crippen molar-refractivity contribution in [2.75, 3.05) is 14.2 Å². The van der Waals surface area contributed by atoms with Crippen molar-refractivity contribution in [2.24, 2.45) is 22.7 Å². The number of carbonyl (C=O) groups is 3. The number of aliphatic hydroxyl groups excluding tert-OH is 1. The van der Waals surface area contributed by atoms with Crippen LogP contribution in [0.3, 0.4) is 0 Å². The molecule has 1 N–H and O–H groups in total. The van der Waals surface area contributed by atoms with Gasteiger partial charge in [-0.25, -0.2) is 0 Å². The SMILES string of the molecule is C=C1[C@H](O)C(O[Si](C)(C)C)[C@@H]2[C@](C)(C(=O)C=C[C@@]2(C)C(=O)OC)[C@H]1CC(=O)OC. The molecule has 0 aromatic heterocycles. The van der Waals surface area contributed by atoms with Crippen LogP contribution < -0.4 is 0 Å². The second-order valence-corrected chi connectivity index (χ2v) is 13.7. The standard InChI is InChI=1S/C21H32O7Si/c1-12-13(11-15(23)26-4)21(3)14(22)9-10-20(2,19(25)27-5)18(21)17(16(12)24)28-29(6,7)8/h9-10,13,16-18,24H,1,11H2,2-8H3/t13-,16-,17?,18-,20+,21-/m0/s1. The summed E-state index contributed by atoms with van der Waals surface area (Å²) >= 11 is 0. The summed E-state index contributed by atoms with van der Waals surface area (Å²) in [6.45, 7) is 13.3. The summed E-state index contributed by atoms with van der Waals surface area (Å²) in [5, 5.41) is 11.1. The third-order valence-corrected chi connectivity index (χ3v) is 7.29. The van der Waals surface area contributed by atoms with Crippen LogP contribution in [0.25, 0.3) is 0 Å². The van der Waals surface area contributed by atoms with Crippen LogP contribution in [-0.2, 0) is 28.3 Å². The highest BCUT2D eigenvalue weighted by molar-refractivity contribution is 6.69. The van der Waals surface area contributed by atoms with Crippen molar-refractivity contribution < 1.29 is 33.4 Å². The molecule has 0 aromatic rings. The number of methoxy groups -OCH3 is 2. The van der Waals surface area contributed by atoms with Crippen molar-refractivity contribution in [3.63, 3.8) is 0 Å². The lowest BCUT2D eigenvalue weighted by Gasteiger charge is -2.58. The number of carbonyl (C=O) groups excluding carboxylic acids is 3. The van der Waals surface area contributed by atoms with Crippen molar-refractivity contribution in [3.05, 3.63) is 24.3 Å². The fourth-order valence-corrected chi connectivity index (χ4v) is 5.99. The van der Waals surface area contributed by atoms with Crippen molar-refractivity contribution in [1.82, 2.24) is 0 Å². The zero-order chi connectivity index (χ0) is 22.4. The number of ketones is 1. The molecule has 29 heavy (non-hydrogen) atoms. The van der Waals surface area contributed by atoms with E-state index >= 15 is 0 Å². The minimum Gasteiger partial charge on any atom is -0.469 e. The van der Waals surface area contributed by atoms with E-state index in [1.54, 1.807) is 13.8 Å². The molecule has 1 unspecified atom stereocenters. The van der Waals surface area contributed by atoms with Crippen molar-refractivity contribution in [2.45, 2.75) is 52.1 Å². The maximum Gasteiger partial charge on any atom is 0.315 e. The molecule has 1 fully saturated rings. The summed E-state index contributed by atoms with van der Waals surface area (Å²) in [5.41, 5.74) is -2.09. The number of esters is 2. The number of fused-ring (bicyclic) bond motifs is 1. The van der Waals surface area contributed by atoms with Gasteiger partial charge in [-0.2, -0.15) is 0 Å². The highest BCUT2D eigenvalue weighted by Gasteiger charge is 2.66. The summed E-state index contributed by atoms with van der Waals surface area (Å²) in [5.74, 6) is -2.75. The predicted octanol–water partition coefficient (Wildman–Crippen LogP) is 2.26. The number of aliphatic hydroxyl groups is 1. The Morgan fingerprint density at radius 2 is 1.79 bits per heavy atom. The van der Waals surface area contributed by atoms with Crippen LogP contribution in [0.15, 0.2) is 24.3 Å². The van der Waals surface area contributed by atoms with E-state index in [1.807, 2.05) is 19.6 Å². The smallest absolute Gasteiger partial charge is 0.315 e. The van der Waals surface area contributed by atoms with E-state index in [0.717, 1.165) is 0 Å². The van der Waals surface area contributed by atoms with Gasteiger partial charge in [-0.3, -0.25) is 14.4 Å². The molecule has 0 aliphatic heterocycles.